The van der Waals surface area contributed by atoms with E-state index >= 15 is 0 Å². The van der Waals surface area contributed by atoms with Crippen molar-refractivity contribution in [3.63, 3.8) is 0 Å². The molecule has 1 unspecified atom stereocenters. The number of carbonyl (C=O) groups is 1. The number of carbonyl (C=O) groups excluding carboxylic acids is 1. The van der Waals surface area contributed by atoms with Gasteiger partial charge in [-0.25, -0.2) is 0 Å². The summed E-state index contributed by atoms with van der Waals surface area (Å²) in [6, 6.07) is -0.543. The second kappa shape index (κ2) is 5.92. The quantitative estimate of drug-likeness (QED) is 0.475. The Morgan fingerprint density at radius 3 is 2.91 bits per heavy atom. The van der Waals surface area contributed by atoms with Crippen LogP contribution in [0.15, 0.2) is 12.7 Å². The third kappa shape index (κ3) is 4.56. The molecule has 0 amide bonds. The van der Waals surface area contributed by atoms with Crippen LogP contribution in [0.4, 0.5) is 0 Å². The maximum Gasteiger partial charge on any atom is 0.323 e. The van der Waals surface area contributed by atoms with Gasteiger partial charge in [0.1, 0.15) is 6.04 Å². The summed E-state index contributed by atoms with van der Waals surface area (Å²) in [6.45, 7) is 5.86. The molecule has 0 heterocycles. The molecule has 0 aliphatic rings. The molecular formula is C8H15NO2. The zero-order valence-corrected chi connectivity index (χ0v) is 6.88. The van der Waals surface area contributed by atoms with E-state index in [0.29, 0.717) is 13.0 Å². The van der Waals surface area contributed by atoms with Crippen molar-refractivity contribution in [1.29, 1.82) is 0 Å². The number of rotatable bonds is 5. The van der Waals surface area contributed by atoms with Crippen molar-refractivity contribution in [3.8, 4) is 0 Å². The van der Waals surface area contributed by atoms with Crippen molar-refractivity contribution in [3.05, 3.63) is 12.7 Å². The molecule has 0 rings (SSSR count). The van der Waals surface area contributed by atoms with Crippen LogP contribution in [0.25, 0.3) is 0 Å². The molecular weight excluding hydrogens is 142 g/mol. The predicted octanol–water partition coefficient (Wildman–Crippen LogP) is 0.843. The second-order valence-electron chi connectivity index (χ2n) is 2.30. The lowest BCUT2D eigenvalue weighted by molar-refractivity contribution is -0.145. The first kappa shape index (κ1) is 10.2. The molecule has 2 N–H and O–H groups in total. The molecule has 11 heavy (non-hydrogen) atoms. The maximum absolute atomic E-state index is 10.9. The minimum Gasteiger partial charge on any atom is -0.465 e. The van der Waals surface area contributed by atoms with E-state index in [9.17, 15) is 4.79 Å². The average molecular weight is 157 g/mol. The summed E-state index contributed by atoms with van der Waals surface area (Å²) in [7, 11) is 0. The highest BCUT2D eigenvalue weighted by molar-refractivity contribution is 5.75. The van der Waals surface area contributed by atoms with E-state index in [4.69, 9.17) is 10.5 Å². The highest BCUT2D eigenvalue weighted by atomic mass is 16.5. The van der Waals surface area contributed by atoms with Gasteiger partial charge < -0.3 is 10.5 Å². The number of hydrogen-bond acceptors (Lipinski definition) is 3. The molecule has 0 saturated carbocycles. The van der Waals surface area contributed by atoms with Crippen LogP contribution in [0.1, 0.15) is 19.8 Å². The van der Waals surface area contributed by atoms with Gasteiger partial charge in [-0.2, -0.15) is 0 Å². The lowest BCUT2D eigenvalue weighted by atomic mass is 10.2. The van der Waals surface area contributed by atoms with Gasteiger partial charge in [0.25, 0.3) is 0 Å². The van der Waals surface area contributed by atoms with Gasteiger partial charge in [0.05, 0.1) is 6.61 Å². The Hall–Kier alpha value is -0.830. The van der Waals surface area contributed by atoms with Crippen LogP contribution in [-0.2, 0) is 9.53 Å². The number of esters is 1. The lowest BCUT2D eigenvalue weighted by Crippen LogP contribution is -2.31. The zero-order valence-electron chi connectivity index (χ0n) is 6.88. The molecule has 0 aliphatic heterocycles. The molecule has 0 saturated heterocycles. The Labute approximate surface area is 67.2 Å². The molecule has 0 aromatic carbocycles. The van der Waals surface area contributed by atoms with Crippen LogP contribution in [0, 0.1) is 0 Å². The van der Waals surface area contributed by atoms with Crippen molar-refractivity contribution in [2.75, 3.05) is 6.61 Å². The van der Waals surface area contributed by atoms with Crippen molar-refractivity contribution in [1.82, 2.24) is 0 Å². The molecule has 0 bridgehead atoms. The van der Waals surface area contributed by atoms with Gasteiger partial charge >= 0.3 is 5.97 Å². The monoisotopic (exact) mass is 157 g/mol. The molecule has 3 heteroatoms. The van der Waals surface area contributed by atoms with Crippen molar-refractivity contribution in [2.24, 2.45) is 5.73 Å². The Balaban J connectivity index is 3.54. The molecule has 0 aromatic heterocycles. The molecule has 0 aliphatic carbocycles. The Morgan fingerprint density at radius 2 is 2.45 bits per heavy atom. The van der Waals surface area contributed by atoms with E-state index in [-0.39, 0.29) is 5.97 Å². The normalized spacial score (nSPS) is 12.2. The summed E-state index contributed by atoms with van der Waals surface area (Å²) in [5.74, 6) is -0.341. The Kier molecular flexibility index (Phi) is 5.47. The predicted molar refractivity (Wildman–Crippen MR) is 44.0 cm³/mol. The maximum atomic E-state index is 10.9. The first-order valence-electron chi connectivity index (χ1n) is 3.75. The largest absolute Gasteiger partial charge is 0.465 e. The fourth-order valence-corrected chi connectivity index (χ4v) is 0.585. The topological polar surface area (TPSA) is 52.3 Å². The van der Waals surface area contributed by atoms with Crippen LogP contribution in [0.5, 0.6) is 0 Å². The summed E-state index contributed by atoms with van der Waals surface area (Å²) in [6.07, 6.45) is 2.91. The van der Waals surface area contributed by atoms with Crippen molar-refractivity contribution in [2.45, 2.75) is 25.8 Å². The van der Waals surface area contributed by atoms with Gasteiger partial charge in [-0.1, -0.05) is 13.0 Å². The summed E-state index contributed by atoms with van der Waals surface area (Å²) in [5.41, 5.74) is 5.42. The first-order chi connectivity index (χ1) is 5.22. The molecule has 1 atom stereocenters. The van der Waals surface area contributed by atoms with Crippen LogP contribution < -0.4 is 5.73 Å². The van der Waals surface area contributed by atoms with Gasteiger partial charge in [0, 0.05) is 0 Å². The summed E-state index contributed by atoms with van der Waals surface area (Å²) in [5, 5.41) is 0. The van der Waals surface area contributed by atoms with E-state index in [1.807, 2.05) is 6.92 Å². The van der Waals surface area contributed by atoms with Crippen molar-refractivity contribution >= 4 is 5.97 Å². The van der Waals surface area contributed by atoms with Gasteiger partial charge in [0.2, 0.25) is 0 Å². The van der Waals surface area contributed by atoms with Gasteiger partial charge in [-0.05, 0) is 12.8 Å². The highest BCUT2D eigenvalue weighted by Crippen LogP contribution is 1.93. The van der Waals surface area contributed by atoms with Crippen LogP contribution in [0.3, 0.4) is 0 Å². The third-order valence-corrected chi connectivity index (χ3v) is 1.17. The SMILES string of the molecule is C=CCC(N)C(=O)OCCC. The van der Waals surface area contributed by atoms with E-state index in [0.717, 1.165) is 6.42 Å². The lowest BCUT2D eigenvalue weighted by Gasteiger charge is -2.07. The third-order valence-electron chi connectivity index (χ3n) is 1.17. The zero-order chi connectivity index (χ0) is 8.69. The van der Waals surface area contributed by atoms with Gasteiger partial charge in [-0.15, -0.1) is 6.58 Å². The molecule has 64 valence electrons. The van der Waals surface area contributed by atoms with Crippen LogP contribution in [-0.4, -0.2) is 18.6 Å². The Bertz CT molecular complexity index is 134. The van der Waals surface area contributed by atoms with Crippen molar-refractivity contribution < 1.29 is 9.53 Å². The van der Waals surface area contributed by atoms with E-state index < -0.39 is 6.04 Å². The highest BCUT2D eigenvalue weighted by Gasteiger charge is 2.11. The minimum absolute atomic E-state index is 0.341. The van der Waals surface area contributed by atoms with E-state index in [2.05, 4.69) is 6.58 Å². The number of nitrogens with two attached hydrogens (primary N) is 1. The second-order valence-corrected chi connectivity index (χ2v) is 2.30. The van der Waals surface area contributed by atoms with E-state index in [1.54, 1.807) is 6.08 Å². The summed E-state index contributed by atoms with van der Waals surface area (Å²) >= 11 is 0. The summed E-state index contributed by atoms with van der Waals surface area (Å²) < 4.78 is 4.79. The molecule has 0 radical (unpaired) electrons. The molecule has 0 aromatic rings. The van der Waals surface area contributed by atoms with E-state index in [1.165, 1.54) is 0 Å². The molecule has 0 spiro atoms. The standard InChI is InChI=1S/C8H15NO2/c1-3-5-7(9)8(10)11-6-4-2/h3,7H,1,4-6,9H2,2H3. The van der Waals surface area contributed by atoms with Crippen LogP contribution in [0.2, 0.25) is 0 Å². The van der Waals surface area contributed by atoms with Gasteiger partial charge in [-0.3, -0.25) is 4.79 Å². The fraction of sp³-hybridized carbons (Fsp3) is 0.625. The Morgan fingerprint density at radius 1 is 1.82 bits per heavy atom. The number of hydrogen-bond donors (Lipinski definition) is 1. The summed E-state index contributed by atoms with van der Waals surface area (Å²) in [4.78, 5) is 10.9. The number of ether oxygens (including phenoxy) is 1. The fourth-order valence-electron chi connectivity index (χ4n) is 0.585. The van der Waals surface area contributed by atoms with Gasteiger partial charge in [0.15, 0.2) is 0 Å². The average Bonchev–Trinajstić information content (AvgIpc) is 2.00. The van der Waals surface area contributed by atoms with Crippen LogP contribution >= 0.6 is 0 Å². The first-order valence-corrected chi connectivity index (χ1v) is 3.75. The molecule has 3 nitrogen and oxygen atoms in total. The molecule has 0 fully saturated rings. The smallest absolute Gasteiger partial charge is 0.323 e. The minimum atomic E-state index is -0.543.